The van der Waals surface area contributed by atoms with Crippen molar-refractivity contribution in [3.8, 4) is 0 Å². The molecule has 17 heavy (non-hydrogen) atoms. The first-order valence-corrected chi connectivity index (χ1v) is 6.30. The highest BCUT2D eigenvalue weighted by molar-refractivity contribution is 6.04. The van der Waals surface area contributed by atoms with E-state index in [4.69, 9.17) is 4.74 Å². The minimum absolute atomic E-state index is 0.0440. The van der Waals surface area contributed by atoms with Gasteiger partial charge < -0.3 is 9.64 Å². The first-order chi connectivity index (χ1) is 7.96. The van der Waals surface area contributed by atoms with E-state index >= 15 is 0 Å². The third-order valence-electron chi connectivity index (χ3n) is 4.75. The number of fused-ring (bicyclic) bond motifs is 1. The molecule has 0 N–H and O–H groups in total. The summed E-state index contributed by atoms with van der Waals surface area (Å²) in [5.41, 5.74) is -0.916. The zero-order valence-electron chi connectivity index (χ0n) is 11.0. The fourth-order valence-corrected chi connectivity index (χ4v) is 3.92. The Kier molecular flexibility index (Phi) is 2.92. The van der Waals surface area contributed by atoms with Gasteiger partial charge in [-0.15, -0.1) is 0 Å². The number of nitrogens with zero attached hydrogens (tertiary/aromatic N) is 1. The van der Waals surface area contributed by atoms with Crippen molar-refractivity contribution in [2.75, 3.05) is 20.7 Å². The van der Waals surface area contributed by atoms with Crippen molar-refractivity contribution in [1.82, 2.24) is 4.90 Å². The molecule has 0 bridgehead atoms. The molecule has 2 fully saturated rings. The third kappa shape index (κ3) is 1.42. The van der Waals surface area contributed by atoms with Gasteiger partial charge in [0.2, 0.25) is 5.91 Å². The minimum atomic E-state index is -0.916. The molecule has 2 aliphatic rings. The molecule has 1 saturated heterocycles. The van der Waals surface area contributed by atoms with Crippen LogP contribution in [0.2, 0.25) is 0 Å². The Labute approximate surface area is 102 Å². The summed E-state index contributed by atoms with van der Waals surface area (Å²) in [4.78, 5) is 26.4. The Morgan fingerprint density at radius 3 is 2.65 bits per heavy atom. The summed E-state index contributed by atoms with van der Waals surface area (Å²) in [5.74, 6) is 0.210. The van der Waals surface area contributed by atoms with Gasteiger partial charge in [0.15, 0.2) is 5.41 Å². The van der Waals surface area contributed by atoms with E-state index in [1.165, 1.54) is 7.11 Å². The van der Waals surface area contributed by atoms with Gasteiger partial charge in [-0.25, -0.2) is 0 Å². The van der Waals surface area contributed by atoms with E-state index < -0.39 is 5.41 Å². The smallest absolute Gasteiger partial charge is 0.321 e. The van der Waals surface area contributed by atoms with Crippen LogP contribution in [0, 0.1) is 23.2 Å². The molecule has 1 saturated carbocycles. The zero-order valence-corrected chi connectivity index (χ0v) is 11.0. The standard InChI is InChI=1S/C13H21NO3/c1-8-7-14(3)11(15)13(12(16)17-4)9(2)5-6-10(8)13/h8-10H,5-7H2,1-4H3/t8-,9-,10+,13-/m0/s1. The number of carbonyl (C=O) groups is 2. The Morgan fingerprint density at radius 1 is 1.41 bits per heavy atom. The molecule has 4 heteroatoms. The quantitative estimate of drug-likeness (QED) is 0.512. The summed E-state index contributed by atoms with van der Waals surface area (Å²) in [7, 11) is 3.16. The molecule has 1 aliphatic heterocycles. The maximum atomic E-state index is 12.5. The number of ether oxygens (including phenoxy) is 1. The van der Waals surface area contributed by atoms with Gasteiger partial charge in [0, 0.05) is 13.6 Å². The minimum Gasteiger partial charge on any atom is -0.468 e. The fourth-order valence-electron chi connectivity index (χ4n) is 3.92. The predicted molar refractivity (Wildman–Crippen MR) is 63.1 cm³/mol. The molecular weight excluding hydrogens is 218 g/mol. The van der Waals surface area contributed by atoms with Crippen LogP contribution in [0.3, 0.4) is 0 Å². The van der Waals surface area contributed by atoms with Gasteiger partial charge >= 0.3 is 5.97 Å². The Balaban J connectivity index is 2.50. The SMILES string of the molecule is COC(=O)[C@]12C(=O)N(C)C[C@H](C)[C@H]1CC[C@@H]2C. The number of carbonyl (C=O) groups excluding carboxylic acids is 2. The van der Waals surface area contributed by atoms with Crippen LogP contribution < -0.4 is 0 Å². The Hall–Kier alpha value is -1.06. The first-order valence-electron chi connectivity index (χ1n) is 6.30. The number of likely N-dealkylation sites (tertiary alicyclic amines) is 1. The van der Waals surface area contributed by atoms with Crippen LogP contribution >= 0.6 is 0 Å². The molecule has 1 heterocycles. The summed E-state index contributed by atoms with van der Waals surface area (Å²) >= 11 is 0. The van der Waals surface area contributed by atoms with Gasteiger partial charge in [-0.3, -0.25) is 9.59 Å². The lowest BCUT2D eigenvalue weighted by Gasteiger charge is -2.45. The zero-order chi connectivity index (χ0) is 12.8. The van der Waals surface area contributed by atoms with E-state index in [0.29, 0.717) is 5.92 Å². The van der Waals surface area contributed by atoms with Crippen LogP contribution in [0.25, 0.3) is 0 Å². The summed E-state index contributed by atoms with van der Waals surface area (Å²) in [6, 6.07) is 0. The van der Waals surface area contributed by atoms with Gasteiger partial charge in [-0.1, -0.05) is 13.8 Å². The lowest BCUT2D eigenvalue weighted by molar-refractivity contribution is -0.175. The van der Waals surface area contributed by atoms with Crippen molar-refractivity contribution in [3.63, 3.8) is 0 Å². The van der Waals surface area contributed by atoms with Gasteiger partial charge in [0.05, 0.1) is 7.11 Å². The second-order valence-electron chi connectivity index (χ2n) is 5.61. The van der Waals surface area contributed by atoms with Crippen LogP contribution in [-0.2, 0) is 14.3 Å². The average Bonchev–Trinajstić information content (AvgIpc) is 2.65. The molecule has 0 aromatic carbocycles. The monoisotopic (exact) mass is 239 g/mol. The molecule has 96 valence electrons. The Morgan fingerprint density at radius 2 is 2.06 bits per heavy atom. The summed E-state index contributed by atoms with van der Waals surface area (Å²) < 4.78 is 4.95. The largest absolute Gasteiger partial charge is 0.468 e. The van der Waals surface area contributed by atoms with Crippen molar-refractivity contribution in [2.24, 2.45) is 23.2 Å². The van der Waals surface area contributed by atoms with Crippen LogP contribution in [-0.4, -0.2) is 37.5 Å². The van der Waals surface area contributed by atoms with E-state index in [9.17, 15) is 9.59 Å². The lowest BCUT2D eigenvalue weighted by Crippen LogP contribution is -2.59. The van der Waals surface area contributed by atoms with Crippen molar-refractivity contribution in [2.45, 2.75) is 26.7 Å². The fraction of sp³-hybridized carbons (Fsp3) is 0.846. The molecule has 0 aromatic rings. The molecule has 0 radical (unpaired) electrons. The molecular formula is C13H21NO3. The number of hydrogen-bond acceptors (Lipinski definition) is 3. The van der Waals surface area contributed by atoms with E-state index in [0.717, 1.165) is 19.4 Å². The summed E-state index contributed by atoms with van der Waals surface area (Å²) in [6.45, 7) is 4.87. The molecule has 4 atom stereocenters. The maximum Gasteiger partial charge on any atom is 0.321 e. The van der Waals surface area contributed by atoms with Gasteiger partial charge in [0.1, 0.15) is 0 Å². The van der Waals surface area contributed by atoms with Crippen LogP contribution in [0.5, 0.6) is 0 Å². The van der Waals surface area contributed by atoms with Crippen molar-refractivity contribution < 1.29 is 14.3 Å². The van der Waals surface area contributed by atoms with E-state index in [1.54, 1.807) is 11.9 Å². The summed E-state index contributed by atoms with van der Waals surface area (Å²) in [6.07, 6.45) is 1.89. The molecule has 1 aliphatic carbocycles. The van der Waals surface area contributed by atoms with Crippen molar-refractivity contribution in [1.29, 1.82) is 0 Å². The molecule has 2 rings (SSSR count). The van der Waals surface area contributed by atoms with Crippen LogP contribution in [0.4, 0.5) is 0 Å². The van der Waals surface area contributed by atoms with Gasteiger partial charge in [0.25, 0.3) is 0 Å². The molecule has 4 nitrogen and oxygen atoms in total. The van der Waals surface area contributed by atoms with E-state index in [-0.39, 0.29) is 23.7 Å². The highest BCUT2D eigenvalue weighted by atomic mass is 16.5. The number of methoxy groups -OCH3 is 1. The molecule has 0 spiro atoms. The lowest BCUT2D eigenvalue weighted by atomic mass is 9.65. The number of amides is 1. The van der Waals surface area contributed by atoms with Gasteiger partial charge in [-0.2, -0.15) is 0 Å². The molecule has 0 unspecified atom stereocenters. The first kappa shape index (κ1) is 12.4. The number of hydrogen-bond donors (Lipinski definition) is 0. The van der Waals surface area contributed by atoms with E-state index in [2.05, 4.69) is 6.92 Å². The van der Waals surface area contributed by atoms with Crippen LogP contribution in [0.15, 0.2) is 0 Å². The predicted octanol–water partition coefficient (Wildman–Crippen LogP) is 1.30. The average molecular weight is 239 g/mol. The van der Waals surface area contributed by atoms with E-state index in [1.807, 2.05) is 6.92 Å². The maximum absolute atomic E-state index is 12.5. The number of rotatable bonds is 1. The third-order valence-corrected chi connectivity index (χ3v) is 4.75. The van der Waals surface area contributed by atoms with Crippen molar-refractivity contribution >= 4 is 11.9 Å². The second-order valence-corrected chi connectivity index (χ2v) is 5.61. The summed E-state index contributed by atoms with van der Waals surface area (Å²) in [5, 5.41) is 0. The van der Waals surface area contributed by atoms with Crippen molar-refractivity contribution in [3.05, 3.63) is 0 Å². The molecule has 1 amide bonds. The second kappa shape index (κ2) is 4.00. The highest BCUT2D eigenvalue weighted by Crippen LogP contribution is 2.54. The number of piperidine rings is 1. The topological polar surface area (TPSA) is 46.6 Å². The Bertz CT molecular complexity index is 355. The normalized spacial score (nSPS) is 41.3. The van der Waals surface area contributed by atoms with Gasteiger partial charge in [-0.05, 0) is 30.6 Å². The number of esters is 1. The highest BCUT2D eigenvalue weighted by Gasteiger charge is 2.64. The molecule has 0 aromatic heterocycles. The van der Waals surface area contributed by atoms with Crippen LogP contribution in [0.1, 0.15) is 26.7 Å².